The third-order valence-corrected chi connectivity index (χ3v) is 5.35. The minimum atomic E-state index is -0.195. The van der Waals surface area contributed by atoms with E-state index in [0.717, 1.165) is 6.42 Å². The number of amides is 1. The number of nitrogens with zero attached hydrogens (tertiary/aromatic N) is 3. The SMILES string of the molecule is CC(C)C[C@H](CO)Nc1nc(NCCOCCOCCNC(=O)c2ccccc2)nc(Oc2ccccc2)n1. The number of aliphatic hydroxyl groups excluding tert-OH is 1. The van der Waals surface area contributed by atoms with Gasteiger partial charge in [-0.05, 0) is 36.6 Å². The third kappa shape index (κ3) is 11.6. The number of hydrogen-bond donors (Lipinski definition) is 4. The Kier molecular flexibility index (Phi) is 12.9. The predicted octanol–water partition coefficient (Wildman–Crippen LogP) is 3.36. The number of ether oxygens (including phenoxy) is 3. The van der Waals surface area contributed by atoms with Gasteiger partial charge in [-0.1, -0.05) is 50.2 Å². The van der Waals surface area contributed by atoms with Crippen LogP contribution in [-0.4, -0.2) is 78.1 Å². The molecule has 1 heterocycles. The van der Waals surface area contributed by atoms with E-state index in [-0.39, 0.29) is 24.6 Å². The summed E-state index contributed by atoms with van der Waals surface area (Å²) in [5, 5.41) is 18.9. The second-order valence-corrected chi connectivity index (χ2v) is 9.11. The molecule has 39 heavy (non-hydrogen) atoms. The van der Waals surface area contributed by atoms with Crippen LogP contribution in [0.3, 0.4) is 0 Å². The molecular formula is C28H38N6O5. The average Bonchev–Trinajstić information content (AvgIpc) is 2.94. The minimum Gasteiger partial charge on any atom is -0.424 e. The zero-order valence-corrected chi connectivity index (χ0v) is 22.5. The summed E-state index contributed by atoms with van der Waals surface area (Å²) < 4.78 is 16.9. The van der Waals surface area contributed by atoms with Crippen molar-refractivity contribution >= 4 is 17.8 Å². The first-order chi connectivity index (χ1) is 19.0. The lowest BCUT2D eigenvalue weighted by Crippen LogP contribution is -2.27. The first kappa shape index (κ1) is 29.8. The molecule has 0 radical (unpaired) electrons. The van der Waals surface area contributed by atoms with Gasteiger partial charge in [-0.2, -0.15) is 15.0 Å². The van der Waals surface area contributed by atoms with Gasteiger partial charge in [0.25, 0.3) is 5.91 Å². The van der Waals surface area contributed by atoms with Crippen molar-refractivity contribution in [3.05, 3.63) is 66.2 Å². The van der Waals surface area contributed by atoms with Gasteiger partial charge in [0, 0.05) is 18.7 Å². The number of benzene rings is 2. The van der Waals surface area contributed by atoms with Gasteiger partial charge < -0.3 is 35.3 Å². The van der Waals surface area contributed by atoms with Crippen molar-refractivity contribution < 1.29 is 24.1 Å². The number of aromatic nitrogens is 3. The average molecular weight is 539 g/mol. The number of nitrogens with one attached hydrogen (secondary N) is 3. The normalized spacial score (nSPS) is 11.7. The maximum absolute atomic E-state index is 12.0. The van der Waals surface area contributed by atoms with E-state index >= 15 is 0 Å². The lowest BCUT2D eigenvalue weighted by molar-refractivity contribution is 0.0519. The zero-order chi connectivity index (χ0) is 27.7. The molecule has 11 heteroatoms. The highest BCUT2D eigenvalue weighted by atomic mass is 16.5. The van der Waals surface area contributed by atoms with Crippen LogP contribution in [0.1, 0.15) is 30.6 Å². The first-order valence-corrected chi connectivity index (χ1v) is 13.1. The van der Waals surface area contributed by atoms with Crippen LogP contribution in [0.4, 0.5) is 11.9 Å². The topological polar surface area (TPSA) is 140 Å². The fourth-order valence-electron chi connectivity index (χ4n) is 3.56. The van der Waals surface area contributed by atoms with Crippen LogP contribution in [-0.2, 0) is 9.47 Å². The van der Waals surface area contributed by atoms with E-state index in [1.165, 1.54) is 0 Å². The summed E-state index contributed by atoms with van der Waals surface area (Å²) in [7, 11) is 0. The Balaban J connectivity index is 1.39. The van der Waals surface area contributed by atoms with Crippen molar-refractivity contribution in [2.75, 3.05) is 56.8 Å². The van der Waals surface area contributed by atoms with Gasteiger partial charge in [0.15, 0.2) is 0 Å². The van der Waals surface area contributed by atoms with E-state index in [0.29, 0.717) is 68.6 Å². The highest BCUT2D eigenvalue weighted by Crippen LogP contribution is 2.20. The quantitative estimate of drug-likeness (QED) is 0.178. The molecule has 0 saturated carbocycles. The molecule has 0 fully saturated rings. The molecule has 11 nitrogen and oxygen atoms in total. The van der Waals surface area contributed by atoms with E-state index < -0.39 is 0 Å². The predicted molar refractivity (Wildman–Crippen MR) is 149 cm³/mol. The van der Waals surface area contributed by atoms with Gasteiger partial charge >= 0.3 is 6.01 Å². The van der Waals surface area contributed by atoms with Crippen molar-refractivity contribution in [3.63, 3.8) is 0 Å². The number of anilines is 2. The summed E-state index contributed by atoms with van der Waals surface area (Å²) in [4.78, 5) is 25.1. The van der Waals surface area contributed by atoms with E-state index in [1.54, 1.807) is 12.1 Å². The van der Waals surface area contributed by atoms with Crippen LogP contribution >= 0.6 is 0 Å². The van der Waals surface area contributed by atoms with Gasteiger partial charge in [0.05, 0.1) is 39.1 Å². The molecule has 4 N–H and O–H groups in total. The number of rotatable bonds is 18. The Morgan fingerprint density at radius 1 is 0.846 bits per heavy atom. The molecule has 0 aliphatic rings. The maximum Gasteiger partial charge on any atom is 0.328 e. The Morgan fingerprint density at radius 2 is 1.49 bits per heavy atom. The second-order valence-electron chi connectivity index (χ2n) is 9.11. The molecule has 0 bridgehead atoms. The van der Waals surface area contributed by atoms with Gasteiger partial charge in [-0.3, -0.25) is 4.79 Å². The van der Waals surface area contributed by atoms with Crippen molar-refractivity contribution in [3.8, 4) is 11.8 Å². The number of carbonyl (C=O) groups is 1. The van der Waals surface area contributed by atoms with Gasteiger partial charge in [0.1, 0.15) is 5.75 Å². The van der Waals surface area contributed by atoms with Crippen LogP contribution in [0.2, 0.25) is 0 Å². The molecule has 3 rings (SSSR count). The molecular weight excluding hydrogens is 500 g/mol. The molecule has 2 aromatic carbocycles. The fraction of sp³-hybridized carbons (Fsp3) is 0.429. The molecule has 1 amide bonds. The van der Waals surface area contributed by atoms with Crippen LogP contribution in [0.25, 0.3) is 0 Å². The molecule has 0 spiro atoms. The van der Waals surface area contributed by atoms with Crippen molar-refractivity contribution in [1.82, 2.24) is 20.3 Å². The van der Waals surface area contributed by atoms with E-state index in [4.69, 9.17) is 14.2 Å². The fourth-order valence-corrected chi connectivity index (χ4v) is 3.56. The summed E-state index contributed by atoms with van der Waals surface area (Å²) in [5.74, 6) is 1.51. The molecule has 3 aromatic rings. The summed E-state index contributed by atoms with van der Waals surface area (Å²) in [6.07, 6.45) is 0.759. The highest BCUT2D eigenvalue weighted by Gasteiger charge is 2.14. The zero-order valence-electron chi connectivity index (χ0n) is 22.5. The number of hydrogen-bond acceptors (Lipinski definition) is 10. The molecule has 0 saturated heterocycles. The minimum absolute atomic E-state index is 0.0448. The lowest BCUT2D eigenvalue weighted by Gasteiger charge is -2.19. The van der Waals surface area contributed by atoms with Gasteiger partial charge in [-0.15, -0.1) is 0 Å². The Hall–Kier alpha value is -3.80. The van der Waals surface area contributed by atoms with Crippen molar-refractivity contribution in [2.45, 2.75) is 26.3 Å². The molecule has 1 atom stereocenters. The van der Waals surface area contributed by atoms with E-state index in [9.17, 15) is 9.90 Å². The Bertz CT molecular complexity index is 1100. The van der Waals surface area contributed by atoms with Crippen molar-refractivity contribution in [2.24, 2.45) is 5.92 Å². The van der Waals surface area contributed by atoms with Gasteiger partial charge in [0.2, 0.25) is 11.9 Å². The second kappa shape index (κ2) is 16.9. The van der Waals surface area contributed by atoms with Crippen molar-refractivity contribution in [1.29, 1.82) is 0 Å². The number of aliphatic hydroxyl groups is 1. The highest BCUT2D eigenvalue weighted by molar-refractivity contribution is 5.94. The summed E-state index contributed by atoms with van der Waals surface area (Å²) in [6.45, 7) is 6.64. The molecule has 0 aliphatic carbocycles. The first-order valence-electron chi connectivity index (χ1n) is 13.1. The van der Waals surface area contributed by atoms with Crippen LogP contribution in [0.5, 0.6) is 11.8 Å². The summed E-state index contributed by atoms with van der Waals surface area (Å²) in [6, 6.07) is 18.2. The third-order valence-electron chi connectivity index (χ3n) is 5.35. The maximum atomic E-state index is 12.0. The Morgan fingerprint density at radius 3 is 2.15 bits per heavy atom. The van der Waals surface area contributed by atoms with Gasteiger partial charge in [-0.25, -0.2) is 0 Å². The summed E-state index contributed by atoms with van der Waals surface area (Å²) >= 11 is 0. The largest absolute Gasteiger partial charge is 0.424 e. The molecule has 0 aliphatic heterocycles. The smallest absolute Gasteiger partial charge is 0.328 e. The molecule has 0 unspecified atom stereocenters. The number of carbonyl (C=O) groups excluding carboxylic acids is 1. The van der Waals surface area contributed by atoms with E-state index in [1.807, 2.05) is 48.5 Å². The van der Waals surface area contributed by atoms with Crippen LogP contribution in [0, 0.1) is 5.92 Å². The molecule has 1 aromatic heterocycles. The standard InChI is InChI=1S/C28H38N6O5/c1-21(2)19-23(20-35)31-27-32-26(33-28(34-27)39-24-11-7-4-8-12-24)30-14-16-38-18-17-37-15-13-29-25(36)22-9-5-3-6-10-22/h3-12,21,23,35H,13-20H2,1-2H3,(H,29,36)(H2,30,31,32,33,34)/t23-/m1/s1. The summed E-state index contributed by atoms with van der Waals surface area (Å²) in [5.41, 5.74) is 0.622. The lowest BCUT2D eigenvalue weighted by atomic mass is 10.0. The monoisotopic (exact) mass is 538 g/mol. The molecule has 210 valence electrons. The van der Waals surface area contributed by atoms with Crippen LogP contribution < -0.4 is 20.7 Å². The Labute approximate surface area is 229 Å². The van der Waals surface area contributed by atoms with Crippen LogP contribution in [0.15, 0.2) is 60.7 Å². The van der Waals surface area contributed by atoms with E-state index in [2.05, 4.69) is 44.7 Å². The number of para-hydroxylation sites is 1.